The first kappa shape index (κ1) is 22.8. The van der Waals surface area contributed by atoms with Crippen LogP contribution in [-0.2, 0) is 25.8 Å². The van der Waals surface area contributed by atoms with E-state index in [1.165, 1.54) is 33.4 Å². The van der Waals surface area contributed by atoms with Crippen molar-refractivity contribution < 1.29 is 28.7 Å². The van der Waals surface area contributed by atoms with Gasteiger partial charge in [-0.05, 0) is 0 Å². The summed E-state index contributed by atoms with van der Waals surface area (Å²) in [6, 6.07) is 0. The van der Waals surface area contributed by atoms with E-state index in [1.54, 1.807) is 0 Å². The third kappa shape index (κ3) is 4.47. The molecule has 0 aliphatic heterocycles. The fourth-order valence-electron chi connectivity index (χ4n) is 3.30. The average molecular weight is 479 g/mol. The molecule has 0 radical (unpaired) electrons. The summed E-state index contributed by atoms with van der Waals surface area (Å²) in [7, 11) is 0. The van der Waals surface area contributed by atoms with Crippen LogP contribution in [0.25, 0.3) is 0 Å². The van der Waals surface area contributed by atoms with Gasteiger partial charge in [0.15, 0.2) is 0 Å². The summed E-state index contributed by atoms with van der Waals surface area (Å²) in [6.45, 7) is 22.1. The molecule has 132 valence electrons. The maximum atomic E-state index is 3.52. The van der Waals surface area contributed by atoms with Crippen LogP contribution in [0.4, 0.5) is 0 Å². The summed E-state index contributed by atoms with van der Waals surface area (Å²) in [5.74, 6) is 0. The van der Waals surface area contributed by atoms with Crippen molar-refractivity contribution in [3.63, 3.8) is 0 Å². The van der Waals surface area contributed by atoms with Crippen molar-refractivity contribution in [3.8, 4) is 0 Å². The van der Waals surface area contributed by atoms with Gasteiger partial charge < -0.3 is 2.85 Å². The third-order valence-electron chi connectivity index (χ3n) is 6.25. The van der Waals surface area contributed by atoms with Gasteiger partial charge in [-0.1, -0.05) is 79.1 Å². The Labute approximate surface area is 167 Å². The van der Waals surface area contributed by atoms with Gasteiger partial charge in [-0.15, -0.1) is 13.8 Å². The van der Waals surface area contributed by atoms with Crippen LogP contribution >= 0.6 is 0 Å². The zero-order valence-electron chi connectivity index (χ0n) is 18.9. The zero-order valence-corrected chi connectivity index (χ0v) is 20.5. The van der Waals surface area contributed by atoms with Crippen LogP contribution in [0.15, 0.2) is 33.4 Å². The quantitative estimate of drug-likeness (QED) is 0.290. The van der Waals surface area contributed by atoms with Gasteiger partial charge in [0.25, 0.3) is 0 Å². The maximum absolute atomic E-state index is 3.52. The van der Waals surface area contributed by atoms with Crippen LogP contribution in [0.5, 0.6) is 0 Å². The Hall–Kier alpha value is -0.170. The molecule has 2 aliphatic rings. The van der Waals surface area contributed by atoms with E-state index in [0.29, 0.717) is 0 Å². The van der Waals surface area contributed by atoms with E-state index in [4.69, 9.17) is 0 Å². The molecule has 0 N–H and O–H groups in total. The summed E-state index contributed by atoms with van der Waals surface area (Å²) < 4.78 is 0. The molecule has 0 saturated carbocycles. The second-order valence-electron chi connectivity index (χ2n) is 7.37. The Bertz CT molecular complexity index is 529. The average Bonchev–Trinajstić information content (AvgIpc) is 2.81. The largest absolute Gasteiger partial charge is 1.00 e. The van der Waals surface area contributed by atoms with Gasteiger partial charge in [-0.2, -0.15) is 22.3 Å². The molecule has 0 amide bonds. The molecule has 0 spiro atoms. The van der Waals surface area contributed by atoms with Crippen LogP contribution < -0.4 is 0 Å². The van der Waals surface area contributed by atoms with E-state index in [0.717, 1.165) is 12.8 Å². The topological polar surface area (TPSA) is 0 Å². The van der Waals surface area contributed by atoms with Gasteiger partial charge in [-0.25, -0.2) is 11.1 Å². The molecule has 2 unspecified atom stereocenters. The fourth-order valence-corrected chi connectivity index (χ4v) is 3.30. The van der Waals surface area contributed by atoms with Gasteiger partial charge in [0.1, 0.15) is 0 Å². The molecule has 2 aliphatic carbocycles. The summed E-state index contributed by atoms with van der Waals surface area (Å²) in [5.41, 5.74) is 9.01. The molecule has 0 aromatic heterocycles. The first-order valence-electron chi connectivity index (χ1n) is 8.62. The van der Waals surface area contributed by atoms with Crippen LogP contribution in [-0.4, -0.2) is 0 Å². The van der Waals surface area contributed by atoms with E-state index >= 15 is 0 Å². The smallest absolute Gasteiger partial charge is 0 e. The van der Waals surface area contributed by atoms with Gasteiger partial charge in [0.05, 0.1) is 0 Å². The Kier molecular flexibility index (Phi) is 8.22. The molecule has 1 heteroatoms. The summed E-state index contributed by atoms with van der Waals surface area (Å²) in [6.07, 6.45) is 9.36. The van der Waals surface area contributed by atoms with Crippen molar-refractivity contribution in [2.45, 2.75) is 82.1 Å². The monoisotopic (exact) mass is 480 g/mol. The van der Waals surface area contributed by atoms with E-state index in [2.05, 4.69) is 81.4 Å². The van der Waals surface area contributed by atoms with Crippen molar-refractivity contribution in [2.24, 2.45) is 10.8 Å². The van der Waals surface area contributed by atoms with Crippen LogP contribution in [0.1, 0.15) is 84.9 Å². The zero-order chi connectivity index (χ0) is 17.3. The standard InChI is InChI=1S/2C11H17.Hf.2H/c2*1-6-11(5)7-8(2)9(3)10(11)4;;;/h2*6H2,1-5H3;;;/q2*-1;;2*-1. The normalized spacial score (nSPS) is 29.8. The number of hydrogen-bond donors (Lipinski definition) is 0. The molecule has 0 fully saturated rings. The summed E-state index contributed by atoms with van der Waals surface area (Å²) >= 11 is 0. The van der Waals surface area contributed by atoms with Crippen molar-refractivity contribution in [2.75, 3.05) is 0 Å². The van der Waals surface area contributed by atoms with Crippen molar-refractivity contribution in [3.05, 3.63) is 45.6 Å². The maximum Gasteiger partial charge on any atom is 0 e. The van der Waals surface area contributed by atoms with Crippen LogP contribution in [0, 0.1) is 23.0 Å². The van der Waals surface area contributed by atoms with Crippen LogP contribution in [0.2, 0.25) is 0 Å². The van der Waals surface area contributed by atoms with Gasteiger partial charge >= 0.3 is 0 Å². The first-order chi connectivity index (χ1) is 10.0. The Morgan fingerprint density at radius 1 is 0.696 bits per heavy atom. The first-order valence-corrected chi connectivity index (χ1v) is 8.62. The predicted octanol–water partition coefficient (Wildman–Crippen LogP) is 7.23. The molecule has 2 rings (SSSR count). The second kappa shape index (κ2) is 8.28. The fraction of sp³-hybridized carbons (Fsp3) is 0.636. The minimum atomic E-state index is 0. The van der Waals surface area contributed by atoms with E-state index in [1.807, 2.05) is 0 Å². The minimum absolute atomic E-state index is 0. The molecule has 0 aromatic rings. The van der Waals surface area contributed by atoms with E-state index in [9.17, 15) is 0 Å². The molecular weight excluding hydrogens is 443 g/mol. The van der Waals surface area contributed by atoms with Gasteiger partial charge in [0, 0.05) is 25.8 Å². The van der Waals surface area contributed by atoms with E-state index < -0.39 is 0 Å². The van der Waals surface area contributed by atoms with Crippen molar-refractivity contribution in [1.29, 1.82) is 0 Å². The number of allylic oxidation sites excluding steroid dienone is 8. The van der Waals surface area contributed by atoms with Crippen molar-refractivity contribution in [1.82, 2.24) is 0 Å². The number of rotatable bonds is 2. The van der Waals surface area contributed by atoms with Crippen LogP contribution in [0.3, 0.4) is 0 Å². The Balaban J connectivity index is -0.000000346. The molecule has 0 bridgehead atoms. The number of hydrogen-bond acceptors (Lipinski definition) is 0. The molecule has 0 aromatic carbocycles. The Morgan fingerprint density at radius 2 is 0.957 bits per heavy atom. The molecular formula is C22H36Hf-4. The van der Waals surface area contributed by atoms with Gasteiger partial charge in [-0.3, -0.25) is 12.2 Å². The molecule has 0 saturated heterocycles. The van der Waals surface area contributed by atoms with E-state index in [-0.39, 0.29) is 39.5 Å². The molecule has 0 heterocycles. The van der Waals surface area contributed by atoms with Gasteiger partial charge in [0.2, 0.25) is 0 Å². The van der Waals surface area contributed by atoms with Crippen molar-refractivity contribution >= 4 is 0 Å². The molecule has 23 heavy (non-hydrogen) atoms. The summed E-state index contributed by atoms with van der Waals surface area (Å²) in [5, 5.41) is 0. The summed E-state index contributed by atoms with van der Waals surface area (Å²) in [4.78, 5) is 0. The Morgan fingerprint density at radius 3 is 1.04 bits per heavy atom. The molecule has 0 nitrogen and oxygen atoms in total. The third-order valence-corrected chi connectivity index (χ3v) is 6.25. The predicted molar refractivity (Wildman–Crippen MR) is 101 cm³/mol. The second-order valence-corrected chi connectivity index (χ2v) is 7.37. The SMILES string of the molecule is CCC1(C)[C-]=C(C)C(C)=C1C.CCC1(C)[C-]=C(C)C(C)=C1C.[H-].[H-].[Hf]. The minimum Gasteiger partial charge on any atom is -1.00 e. The molecule has 2 atom stereocenters.